The van der Waals surface area contributed by atoms with Crippen molar-refractivity contribution in [3.05, 3.63) is 72.9 Å². The molecule has 398 valence electrons. The van der Waals surface area contributed by atoms with Crippen molar-refractivity contribution in [3.8, 4) is 0 Å². The van der Waals surface area contributed by atoms with Gasteiger partial charge < -0.3 is 14.2 Å². The normalized spacial score (nSPS) is 12.6. The van der Waals surface area contributed by atoms with E-state index in [9.17, 15) is 14.4 Å². The number of allylic oxidation sites excluding steroid dienone is 12. The van der Waals surface area contributed by atoms with Crippen LogP contribution in [0.1, 0.15) is 290 Å². The first-order valence-corrected chi connectivity index (χ1v) is 29.4. The van der Waals surface area contributed by atoms with Crippen LogP contribution in [0.4, 0.5) is 0 Å². The quantitative estimate of drug-likeness (QED) is 0.0262. The molecule has 69 heavy (non-hydrogen) atoms. The maximum atomic E-state index is 12.8. The summed E-state index contributed by atoms with van der Waals surface area (Å²) in [4.78, 5) is 38.0. The van der Waals surface area contributed by atoms with E-state index in [1.54, 1.807) is 0 Å². The monoisotopic (exact) mass is 963 g/mol. The van der Waals surface area contributed by atoms with Gasteiger partial charge in [0.25, 0.3) is 0 Å². The fraction of sp³-hybridized carbons (Fsp3) is 0.762. The van der Waals surface area contributed by atoms with Gasteiger partial charge in [0, 0.05) is 19.3 Å². The number of esters is 3. The zero-order valence-corrected chi connectivity index (χ0v) is 45.6. The standard InChI is InChI=1S/C63H110O6/c1-4-7-10-13-16-18-20-22-24-26-28-30-31-33-34-36-38-40-42-44-47-50-53-56-62(65)68-59-60(58-67-61(64)55-52-49-46-15-12-9-6-3)69-63(66)57-54-51-48-45-43-41-39-37-35-32-29-27-25-23-21-19-17-14-11-8-5-2/h7,10,16,18,22,24,28,30,33-34,38,40,60H,4-6,8-9,11-15,17,19-21,23,25-27,29,31-32,35-37,39,41-59H2,1-3H3/b10-7-,18-16-,24-22-,30-28-,34-33-,40-38-. The molecule has 0 radical (unpaired) electrons. The van der Waals surface area contributed by atoms with Crippen molar-refractivity contribution in [2.24, 2.45) is 0 Å². The van der Waals surface area contributed by atoms with Crippen molar-refractivity contribution in [1.29, 1.82) is 0 Å². The van der Waals surface area contributed by atoms with Crippen molar-refractivity contribution >= 4 is 17.9 Å². The lowest BCUT2D eigenvalue weighted by molar-refractivity contribution is -0.167. The molecule has 6 heteroatoms. The van der Waals surface area contributed by atoms with Gasteiger partial charge in [-0.3, -0.25) is 14.4 Å². The molecule has 0 N–H and O–H groups in total. The van der Waals surface area contributed by atoms with Crippen molar-refractivity contribution < 1.29 is 28.6 Å². The molecule has 0 aliphatic heterocycles. The highest BCUT2D eigenvalue weighted by molar-refractivity contribution is 5.71. The molecule has 0 aliphatic rings. The Hall–Kier alpha value is -3.15. The fourth-order valence-electron chi connectivity index (χ4n) is 8.33. The van der Waals surface area contributed by atoms with Crippen LogP contribution in [0.5, 0.6) is 0 Å². The molecule has 0 aliphatic carbocycles. The number of ether oxygens (including phenoxy) is 3. The van der Waals surface area contributed by atoms with Crippen LogP contribution in [0.2, 0.25) is 0 Å². The lowest BCUT2D eigenvalue weighted by Crippen LogP contribution is -2.30. The molecule has 1 unspecified atom stereocenters. The Kier molecular flexibility index (Phi) is 54.8. The Morgan fingerprint density at radius 2 is 0.565 bits per heavy atom. The molecule has 0 aromatic rings. The van der Waals surface area contributed by atoms with Crippen LogP contribution < -0.4 is 0 Å². The highest BCUT2D eigenvalue weighted by Gasteiger charge is 2.19. The van der Waals surface area contributed by atoms with Crippen molar-refractivity contribution in [2.75, 3.05) is 13.2 Å². The molecule has 1 atom stereocenters. The lowest BCUT2D eigenvalue weighted by atomic mass is 10.0. The van der Waals surface area contributed by atoms with E-state index in [-0.39, 0.29) is 31.1 Å². The zero-order chi connectivity index (χ0) is 50.0. The summed E-state index contributed by atoms with van der Waals surface area (Å²) < 4.78 is 16.8. The molecule has 0 bridgehead atoms. The molecule has 0 fully saturated rings. The van der Waals surface area contributed by atoms with Gasteiger partial charge in [0.1, 0.15) is 13.2 Å². The van der Waals surface area contributed by atoms with Crippen LogP contribution in [-0.2, 0) is 28.6 Å². The van der Waals surface area contributed by atoms with Crippen LogP contribution in [-0.4, -0.2) is 37.2 Å². The van der Waals surface area contributed by atoms with Crippen LogP contribution in [0, 0.1) is 0 Å². The SMILES string of the molecule is CC/C=C\C/C=C\C/C=C\C/C=C\C/C=C\C/C=C\CCCCCCC(=O)OCC(COC(=O)CCCCCCCCC)OC(=O)CCCCCCCCCCCCCCCCCCCCCCC. The van der Waals surface area contributed by atoms with Crippen LogP contribution in [0.25, 0.3) is 0 Å². The highest BCUT2D eigenvalue weighted by Crippen LogP contribution is 2.16. The molecule has 0 saturated heterocycles. The number of hydrogen-bond donors (Lipinski definition) is 0. The molecule has 0 rings (SSSR count). The molecular formula is C63H110O6. The van der Waals surface area contributed by atoms with Gasteiger partial charge in [-0.05, 0) is 70.6 Å². The number of unbranched alkanes of at least 4 members (excludes halogenated alkanes) is 30. The van der Waals surface area contributed by atoms with Crippen molar-refractivity contribution in [2.45, 2.75) is 297 Å². The summed E-state index contributed by atoms with van der Waals surface area (Å²) in [6.07, 6.45) is 73.5. The van der Waals surface area contributed by atoms with Gasteiger partial charge in [0.2, 0.25) is 0 Å². The summed E-state index contributed by atoms with van der Waals surface area (Å²) in [7, 11) is 0. The van der Waals surface area contributed by atoms with E-state index in [1.807, 2.05) is 0 Å². The molecule has 0 amide bonds. The van der Waals surface area contributed by atoms with Gasteiger partial charge in [-0.1, -0.05) is 273 Å². The number of rotatable bonds is 53. The molecule has 0 aromatic heterocycles. The van der Waals surface area contributed by atoms with E-state index >= 15 is 0 Å². The second kappa shape index (κ2) is 57.4. The second-order valence-electron chi connectivity index (χ2n) is 19.5. The van der Waals surface area contributed by atoms with E-state index in [0.717, 1.165) is 109 Å². The van der Waals surface area contributed by atoms with Gasteiger partial charge in [0.15, 0.2) is 6.10 Å². The summed E-state index contributed by atoms with van der Waals surface area (Å²) in [5.74, 6) is -0.903. The predicted molar refractivity (Wildman–Crippen MR) is 298 cm³/mol. The van der Waals surface area contributed by atoms with E-state index < -0.39 is 6.10 Å². The minimum atomic E-state index is -0.782. The third-order valence-corrected chi connectivity index (χ3v) is 12.7. The maximum Gasteiger partial charge on any atom is 0.306 e. The first kappa shape index (κ1) is 65.8. The molecule has 0 spiro atoms. The van der Waals surface area contributed by atoms with Crippen LogP contribution >= 0.6 is 0 Å². The van der Waals surface area contributed by atoms with Crippen LogP contribution in [0.15, 0.2) is 72.9 Å². The van der Waals surface area contributed by atoms with Crippen LogP contribution in [0.3, 0.4) is 0 Å². The summed E-state index contributed by atoms with van der Waals surface area (Å²) in [5, 5.41) is 0. The molecule has 0 aromatic carbocycles. The van der Waals surface area contributed by atoms with Gasteiger partial charge in [-0.2, -0.15) is 0 Å². The third kappa shape index (κ3) is 55.6. The van der Waals surface area contributed by atoms with Gasteiger partial charge in [-0.15, -0.1) is 0 Å². The molecule has 6 nitrogen and oxygen atoms in total. The second-order valence-corrected chi connectivity index (χ2v) is 19.5. The molecule has 0 heterocycles. The van der Waals surface area contributed by atoms with E-state index in [1.165, 1.54) is 141 Å². The Morgan fingerprint density at radius 3 is 0.884 bits per heavy atom. The van der Waals surface area contributed by atoms with E-state index in [2.05, 4.69) is 93.7 Å². The number of carbonyl (C=O) groups excluding carboxylic acids is 3. The molecule has 0 saturated carbocycles. The minimum Gasteiger partial charge on any atom is -0.462 e. The topological polar surface area (TPSA) is 78.9 Å². The first-order chi connectivity index (χ1) is 34.0. The lowest BCUT2D eigenvalue weighted by Gasteiger charge is -2.18. The predicted octanol–water partition coefficient (Wildman–Crippen LogP) is 19.8. The van der Waals surface area contributed by atoms with Crippen molar-refractivity contribution in [3.63, 3.8) is 0 Å². The van der Waals surface area contributed by atoms with E-state index in [0.29, 0.717) is 19.3 Å². The minimum absolute atomic E-state index is 0.0811. The molecular weight excluding hydrogens is 853 g/mol. The summed E-state index contributed by atoms with van der Waals surface area (Å²) in [6.45, 7) is 6.49. The highest BCUT2D eigenvalue weighted by atomic mass is 16.6. The Bertz CT molecular complexity index is 1290. The average Bonchev–Trinajstić information content (AvgIpc) is 3.35. The van der Waals surface area contributed by atoms with E-state index in [4.69, 9.17) is 14.2 Å². The van der Waals surface area contributed by atoms with Crippen molar-refractivity contribution in [1.82, 2.24) is 0 Å². The van der Waals surface area contributed by atoms with Gasteiger partial charge in [0.05, 0.1) is 0 Å². The summed E-state index contributed by atoms with van der Waals surface area (Å²) in [6, 6.07) is 0. The number of hydrogen-bond acceptors (Lipinski definition) is 6. The Labute approximate surface area is 427 Å². The Balaban J connectivity index is 4.22. The smallest absolute Gasteiger partial charge is 0.306 e. The third-order valence-electron chi connectivity index (χ3n) is 12.7. The zero-order valence-electron chi connectivity index (χ0n) is 45.6. The maximum absolute atomic E-state index is 12.8. The van der Waals surface area contributed by atoms with Gasteiger partial charge >= 0.3 is 17.9 Å². The fourth-order valence-corrected chi connectivity index (χ4v) is 8.33. The first-order valence-electron chi connectivity index (χ1n) is 29.4. The largest absolute Gasteiger partial charge is 0.462 e. The number of carbonyl (C=O) groups is 3. The van der Waals surface area contributed by atoms with Gasteiger partial charge in [-0.25, -0.2) is 0 Å². The Morgan fingerprint density at radius 1 is 0.304 bits per heavy atom. The summed E-state index contributed by atoms with van der Waals surface area (Å²) >= 11 is 0. The average molecular weight is 964 g/mol. The summed E-state index contributed by atoms with van der Waals surface area (Å²) in [5.41, 5.74) is 0.